The van der Waals surface area contributed by atoms with Crippen LogP contribution in [0.15, 0.2) is 24.3 Å². The van der Waals surface area contributed by atoms with E-state index < -0.39 is 0 Å². The van der Waals surface area contributed by atoms with Crippen LogP contribution in [0.3, 0.4) is 0 Å². The van der Waals surface area contributed by atoms with E-state index in [9.17, 15) is 15.2 Å². The number of hydrogen-bond donors (Lipinski definition) is 2. The third kappa shape index (κ3) is 3.11. The van der Waals surface area contributed by atoms with Gasteiger partial charge in [-0.3, -0.25) is 10.1 Å². The summed E-state index contributed by atoms with van der Waals surface area (Å²) in [4.78, 5) is 10.3. The molecule has 1 aromatic carbocycles. The van der Waals surface area contributed by atoms with Crippen LogP contribution < -0.4 is 5.32 Å². The molecule has 2 N–H and O–H groups in total. The highest BCUT2D eigenvalue weighted by atomic mass is 16.6. The lowest BCUT2D eigenvalue weighted by Gasteiger charge is -2.30. The lowest BCUT2D eigenvalue weighted by Crippen LogP contribution is -2.41. The smallest absolute Gasteiger partial charge is 0.269 e. The first-order valence-electron chi connectivity index (χ1n) is 6.63. The summed E-state index contributed by atoms with van der Waals surface area (Å²) in [5.74, 6) is 0. The van der Waals surface area contributed by atoms with Gasteiger partial charge in [-0.25, -0.2) is 0 Å². The molecule has 0 aliphatic heterocycles. The molecule has 5 nitrogen and oxygen atoms in total. The fourth-order valence-electron chi connectivity index (χ4n) is 2.79. The first-order valence-corrected chi connectivity index (χ1v) is 6.63. The number of nitrogens with one attached hydrogen (secondary N) is 1. The third-order valence-electron chi connectivity index (χ3n) is 4.12. The third-order valence-corrected chi connectivity index (χ3v) is 4.12. The molecule has 19 heavy (non-hydrogen) atoms. The molecule has 1 fully saturated rings. The van der Waals surface area contributed by atoms with Gasteiger partial charge in [0.2, 0.25) is 0 Å². The molecule has 2 atom stereocenters. The van der Waals surface area contributed by atoms with E-state index in [1.54, 1.807) is 12.1 Å². The molecule has 1 saturated carbocycles. The van der Waals surface area contributed by atoms with Gasteiger partial charge in [0.05, 0.1) is 4.92 Å². The van der Waals surface area contributed by atoms with Gasteiger partial charge in [0.25, 0.3) is 5.69 Å². The van der Waals surface area contributed by atoms with Gasteiger partial charge in [0, 0.05) is 36.7 Å². The molecule has 1 aliphatic rings. The molecule has 0 radical (unpaired) electrons. The predicted molar refractivity (Wildman–Crippen MR) is 72.8 cm³/mol. The summed E-state index contributed by atoms with van der Waals surface area (Å²) in [6, 6.07) is 6.95. The standard InChI is InChI=1S/C14H20N2O3/c1-14(10-17)7-3-6-13(14)15-9-11-4-2-5-12(8-11)16(18)19/h2,4-5,8,13,15,17H,3,6-7,9-10H2,1H3. The topological polar surface area (TPSA) is 75.4 Å². The number of nitrogens with zero attached hydrogens (tertiary/aromatic N) is 1. The number of aliphatic hydroxyl groups is 1. The molecule has 5 heteroatoms. The van der Waals surface area contributed by atoms with E-state index >= 15 is 0 Å². The van der Waals surface area contributed by atoms with Crippen molar-refractivity contribution in [3.63, 3.8) is 0 Å². The highest BCUT2D eigenvalue weighted by Crippen LogP contribution is 2.37. The van der Waals surface area contributed by atoms with Crippen LogP contribution in [0.4, 0.5) is 5.69 Å². The Bertz CT molecular complexity index is 464. The van der Waals surface area contributed by atoms with Crippen LogP contribution in [0, 0.1) is 15.5 Å². The van der Waals surface area contributed by atoms with Crippen molar-refractivity contribution in [2.24, 2.45) is 5.41 Å². The first kappa shape index (κ1) is 14.0. The quantitative estimate of drug-likeness (QED) is 0.631. The highest BCUT2D eigenvalue weighted by Gasteiger charge is 2.37. The summed E-state index contributed by atoms with van der Waals surface area (Å²) >= 11 is 0. The second kappa shape index (κ2) is 5.67. The lowest BCUT2D eigenvalue weighted by atomic mass is 9.86. The molecule has 0 spiro atoms. The van der Waals surface area contributed by atoms with E-state index in [4.69, 9.17) is 0 Å². The number of benzene rings is 1. The Balaban J connectivity index is 1.99. The largest absolute Gasteiger partial charge is 0.396 e. The zero-order chi connectivity index (χ0) is 13.9. The molecule has 0 saturated heterocycles. The monoisotopic (exact) mass is 264 g/mol. The molecule has 0 bridgehead atoms. The maximum absolute atomic E-state index is 10.7. The minimum absolute atomic E-state index is 0.0687. The van der Waals surface area contributed by atoms with Gasteiger partial charge in [-0.2, -0.15) is 0 Å². The van der Waals surface area contributed by atoms with Gasteiger partial charge >= 0.3 is 0 Å². The molecule has 104 valence electrons. The van der Waals surface area contributed by atoms with E-state index in [-0.39, 0.29) is 28.7 Å². The number of nitro groups is 1. The van der Waals surface area contributed by atoms with Crippen LogP contribution in [0.25, 0.3) is 0 Å². The van der Waals surface area contributed by atoms with Gasteiger partial charge < -0.3 is 10.4 Å². The number of nitro benzene ring substituents is 1. The van der Waals surface area contributed by atoms with Crippen LogP contribution in [-0.4, -0.2) is 22.7 Å². The maximum atomic E-state index is 10.7. The van der Waals surface area contributed by atoms with Crippen molar-refractivity contribution in [2.75, 3.05) is 6.61 Å². The van der Waals surface area contributed by atoms with Crippen LogP contribution in [0.5, 0.6) is 0 Å². The highest BCUT2D eigenvalue weighted by molar-refractivity contribution is 5.34. The van der Waals surface area contributed by atoms with Crippen molar-refractivity contribution in [3.05, 3.63) is 39.9 Å². The Labute approximate surface area is 112 Å². The van der Waals surface area contributed by atoms with E-state index in [2.05, 4.69) is 12.2 Å². The number of non-ortho nitro benzene ring substituents is 1. The summed E-state index contributed by atoms with van der Waals surface area (Å²) in [7, 11) is 0. The second-order valence-corrected chi connectivity index (χ2v) is 5.56. The molecule has 0 heterocycles. The van der Waals surface area contributed by atoms with Crippen LogP contribution in [0.2, 0.25) is 0 Å². The summed E-state index contributed by atoms with van der Waals surface area (Å²) < 4.78 is 0. The number of rotatable bonds is 5. The van der Waals surface area contributed by atoms with Crippen molar-refractivity contribution in [3.8, 4) is 0 Å². The van der Waals surface area contributed by atoms with Crippen molar-refractivity contribution < 1.29 is 10.0 Å². The first-order chi connectivity index (χ1) is 9.05. The summed E-state index contributed by atoms with van der Waals surface area (Å²) in [5, 5.41) is 23.6. The Morgan fingerprint density at radius 1 is 1.58 bits per heavy atom. The molecule has 1 aliphatic carbocycles. The predicted octanol–water partition coefficient (Wildman–Crippen LogP) is 2.24. The Kier molecular flexibility index (Phi) is 4.17. The normalized spacial score (nSPS) is 26.5. The minimum Gasteiger partial charge on any atom is -0.396 e. The fourth-order valence-corrected chi connectivity index (χ4v) is 2.79. The van der Waals surface area contributed by atoms with Gasteiger partial charge in [-0.15, -0.1) is 0 Å². The summed E-state index contributed by atoms with van der Waals surface area (Å²) in [6.07, 6.45) is 3.19. The van der Waals surface area contributed by atoms with Gasteiger partial charge in [-0.1, -0.05) is 25.5 Å². The summed E-state index contributed by atoms with van der Waals surface area (Å²) in [5.41, 5.74) is 0.956. The molecule has 2 rings (SSSR count). The minimum atomic E-state index is -0.378. The molecule has 0 aromatic heterocycles. The average Bonchev–Trinajstić information content (AvgIpc) is 2.79. The average molecular weight is 264 g/mol. The van der Waals surface area contributed by atoms with Gasteiger partial charge in [-0.05, 0) is 18.4 Å². The number of aliphatic hydroxyl groups excluding tert-OH is 1. The lowest BCUT2D eigenvalue weighted by molar-refractivity contribution is -0.384. The van der Waals surface area contributed by atoms with Crippen LogP contribution in [0.1, 0.15) is 31.7 Å². The van der Waals surface area contributed by atoms with E-state index in [0.717, 1.165) is 24.8 Å². The molecule has 0 amide bonds. The SMILES string of the molecule is CC1(CO)CCCC1NCc1cccc([N+](=O)[O-])c1. The zero-order valence-electron chi connectivity index (χ0n) is 11.1. The zero-order valence-corrected chi connectivity index (χ0v) is 11.1. The van der Waals surface area contributed by atoms with Crippen molar-refractivity contribution in [2.45, 2.75) is 38.8 Å². The number of hydrogen-bond acceptors (Lipinski definition) is 4. The Hall–Kier alpha value is -1.46. The van der Waals surface area contributed by atoms with E-state index in [1.165, 1.54) is 6.07 Å². The van der Waals surface area contributed by atoms with E-state index in [0.29, 0.717) is 6.54 Å². The van der Waals surface area contributed by atoms with Crippen molar-refractivity contribution in [1.29, 1.82) is 0 Å². The van der Waals surface area contributed by atoms with Crippen molar-refractivity contribution >= 4 is 5.69 Å². The molecule has 2 unspecified atom stereocenters. The summed E-state index contributed by atoms with van der Waals surface area (Å²) in [6.45, 7) is 2.87. The van der Waals surface area contributed by atoms with E-state index in [1.807, 2.05) is 6.07 Å². The van der Waals surface area contributed by atoms with Gasteiger partial charge in [0.15, 0.2) is 0 Å². The Morgan fingerprint density at radius 3 is 3.05 bits per heavy atom. The second-order valence-electron chi connectivity index (χ2n) is 5.56. The Morgan fingerprint density at radius 2 is 2.37 bits per heavy atom. The van der Waals surface area contributed by atoms with Crippen LogP contribution >= 0.6 is 0 Å². The van der Waals surface area contributed by atoms with Gasteiger partial charge in [0.1, 0.15) is 0 Å². The fraction of sp³-hybridized carbons (Fsp3) is 0.571. The molecule has 1 aromatic rings. The maximum Gasteiger partial charge on any atom is 0.269 e. The van der Waals surface area contributed by atoms with Crippen molar-refractivity contribution in [1.82, 2.24) is 5.32 Å². The molecular weight excluding hydrogens is 244 g/mol. The molecular formula is C14H20N2O3. The van der Waals surface area contributed by atoms with Crippen LogP contribution in [-0.2, 0) is 6.54 Å².